The van der Waals surface area contributed by atoms with Gasteiger partial charge in [-0.05, 0) is 52.7 Å². The first kappa shape index (κ1) is 13.9. The van der Waals surface area contributed by atoms with E-state index in [1.54, 1.807) is 23.5 Å². The van der Waals surface area contributed by atoms with E-state index < -0.39 is 5.97 Å². The number of halogens is 1. The number of benzene rings is 1. The number of anilines is 2. The molecule has 4 nitrogen and oxygen atoms in total. The highest BCUT2D eigenvalue weighted by molar-refractivity contribution is 9.11. The summed E-state index contributed by atoms with van der Waals surface area (Å²) in [7, 11) is 0. The predicted molar refractivity (Wildman–Crippen MR) is 82.0 cm³/mol. The van der Waals surface area contributed by atoms with Crippen molar-refractivity contribution in [2.45, 2.75) is 6.42 Å². The molecule has 0 saturated carbocycles. The second kappa shape index (κ2) is 6.08. The molecule has 0 aliphatic carbocycles. The fraction of sp³-hybridized carbons (Fsp3) is 0.154. The third-order valence-electron chi connectivity index (χ3n) is 2.59. The van der Waals surface area contributed by atoms with E-state index in [0.717, 1.165) is 10.2 Å². The molecule has 0 unspecified atom stereocenters. The van der Waals surface area contributed by atoms with Gasteiger partial charge >= 0.3 is 5.97 Å². The fourth-order valence-electron chi connectivity index (χ4n) is 1.70. The van der Waals surface area contributed by atoms with Crippen LogP contribution < -0.4 is 11.1 Å². The summed E-state index contributed by atoms with van der Waals surface area (Å²) in [6, 6.07) is 8.80. The van der Waals surface area contributed by atoms with Crippen LogP contribution in [0.1, 0.15) is 15.2 Å². The first-order valence-electron chi connectivity index (χ1n) is 5.67. The molecule has 100 valence electrons. The Kier molecular flexibility index (Phi) is 4.44. The van der Waals surface area contributed by atoms with E-state index in [4.69, 9.17) is 10.8 Å². The molecule has 4 N–H and O–H groups in total. The van der Waals surface area contributed by atoms with Gasteiger partial charge in [0.25, 0.3) is 0 Å². The van der Waals surface area contributed by atoms with Crippen molar-refractivity contribution in [2.75, 3.05) is 17.6 Å². The Morgan fingerprint density at radius 3 is 2.79 bits per heavy atom. The maximum absolute atomic E-state index is 11.1. The lowest BCUT2D eigenvalue weighted by Crippen LogP contribution is -2.09. The maximum Gasteiger partial charge on any atom is 0.337 e. The van der Waals surface area contributed by atoms with Gasteiger partial charge in [0.15, 0.2) is 0 Å². The molecule has 0 aliphatic rings. The zero-order valence-corrected chi connectivity index (χ0v) is 12.4. The molecule has 0 fully saturated rings. The van der Waals surface area contributed by atoms with Crippen LogP contribution in [0.5, 0.6) is 0 Å². The number of nitrogen functional groups attached to an aromatic ring is 1. The van der Waals surface area contributed by atoms with Gasteiger partial charge in [0.05, 0.1) is 15.0 Å². The molecular formula is C13H13BrN2O2S. The minimum atomic E-state index is -0.957. The average molecular weight is 341 g/mol. The van der Waals surface area contributed by atoms with E-state index in [2.05, 4.69) is 21.2 Å². The van der Waals surface area contributed by atoms with Crippen molar-refractivity contribution < 1.29 is 9.90 Å². The lowest BCUT2D eigenvalue weighted by atomic mass is 10.1. The number of nitrogens with one attached hydrogen (secondary N) is 1. The largest absolute Gasteiger partial charge is 0.478 e. The van der Waals surface area contributed by atoms with Gasteiger partial charge < -0.3 is 16.2 Å². The van der Waals surface area contributed by atoms with Crippen molar-refractivity contribution in [1.29, 1.82) is 0 Å². The van der Waals surface area contributed by atoms with Gasteiger partial charge in [-0.3, -0.25) is 0 Å². The van der Waals surface area contributed by atoms with Crippen molar-refractivity contribution in [3.63, 3.8) is 0 Å². The van der Waals surface area contributed by atoms with Gasteiger partial charge in [-0.2, -0.15) is 0 Å². The first-order valence-corrected chi connectivity index (χ1v) is 7.28. The summed E-state index contributed by atoms with van der Waals surface area (Å²) in [5.41, 5.74) is 7.02. The lowest BCUT2D eigenvalue weighted by molar-refractivity contribution is 0.0698. The van der Waals surface area contributed by atoms with Crippen LogP contribution in [0.4, 0.5) is 11.4 Å². The van der Waals surface area contributed by atoms with E-state index in [-0.39, 0.29) is 5.56 Å². The number of hydrogen-bond acceptors (Lipinski definition) is 4. The number of thiophene rings is 1. The molecule has 19 heavy (non-hydrogen) atoms. The summed E-state index contributed by atoms with van der Waals surface area (Å²) in [5, 5.41) is 12.2. The standard InChI is InChI=1S/C13H13BrN2O2S/c14-12-4-2-9(19-12)5-6-16-11-7-8(15)1-3-10(11)13(17)18/h1-4,7,16H,5-6,15H2,(H,17,18). The summed E-state index contributed by atoms with van der Waals surface area (Å²) in [6.45, 7) is 0.663. The van der Waals surface area contributed by atoms with Crippen LogP contribution >= 0.6 is 27.3 Å². The van der Waals surface area contributed by atoms with Gasteiger partial charge in [-0.25, -0.2) is 4.79 Å². The minimum absolute atomic E-state index is 0.238. The van der Waals surface area contributed by atoms with Crippen molar-refractivity contribution in [3.05, 3.63) is 44.6 Å². The molecule has 1 aromatic carbocycles. The molecule has 2 aromatic rings. The third kappa shape index (κ3) is 3.71. The maximum atomic E-state index is 11.1. The molecular weight excluding hydrogens is 328 g/mol. The summed E-state index contributed by atoms with van der Waals surface area (Å²) < 4.78 is 1.10. The van der Waals surface area contributed by atoms with Crippen LogP contribution in [-0.4, -0.2) is 17.6 Å². The van der Waals surface area contributed by atoms with E-state index in [1.165, 1.54) is 10.9 Å². The average Bonchev–Trinajstić information content (AvgIpc) is 2.75. The second-order valence-corrected chi connectivity index (χ2v) is 6.54. The molecule has 0 bridgehead atoms. The number of carbonyl (C=O) groups is 1. The SMILES string of the molecule is Nc1ccc(C(=O)O)c(NCCc2ccc(Br)s2)c1. The van der Waals surface area contributed by atoms with Crippen LogP contribution in [0.2, 0.25) is 0 Å². The quantitative estimate of drug-likeness (QED) is 0.728. The van der Waals surface area contributed by atoms with Gasteiger partial charge in [0.1, 0.15) is 0 Å². The molecule has 0 saturated heterocycles. The molecule has 0 radical (unpaired) electrons. The Hall–Kier alpha value is -1.53. The van der Waals surface area contributed by atoms with Gasteiger partial charge in [-0.15, -0.1) is 11.3 Å². The van der Waals surface area contributed by atoms with Crippen LogP contribution in [-0.2, 0) is 6.42 Å². The highest BCUT2D eigenvalue weighted by atomic mass is 79.9. The van der Waals surface area contributed by atoms with Crippen LogP contribution in [0, 0.1) is 0 Å². The number of carboxylic acid groups (broad SMARTS) is 1. The Morgan fingerprint density at radius 1 is 1.37 bits per heavy atom. The van der Waals surface area contributed by atoms with E-state index in [9.17, 15) is 4.79 Å². The number of carboxylic acids is 1. The number of rotatable bonds is 5. The topological polar surface area (TPSA) is 75.4 Å². The molecule has 0 amide bonds. The Balaban J connectivity index is 2.02. The van der Waals surface area contributed by atoms with Crippen LogP contribution in [0.3, 0.4) is 0 Å². The monoisotopic (exact) mass is 340 g/mol. The zero-order valence-electron chi connectivity index (χ0n) is 10.0. The summed E-state index contributed by atoms with van der Waals surface area (Å²) >= 11 is 5.09. The van der Waals surface area contributed by atoms with Gasteiger partial charge in [-0.1, -0.05) is 0 Å². The predicted octanol–water partition coefficient (Wildman–Crippen LogP) is 3.45. The van der Waals surface area contributed by atoms with Crippen molar-refractivity contribution >= 4 is 44.6 Å². The smallest absolute Gasteiger partial charge is 0.337 e. The van der Waals surface area contributed by atoms with Crippen molar-refractivity contribution in [2.24, 2.45) is 0 Å². The van der Waals surface area contributed by atoms with E-state index in [0.29, 0.717) is 17.9 Å². The first-order chi connectivity index (χ1) is 9.06. The van der Waals surface area contributed by atoms with Crippen molar-refractivity contribution in [3.8, 4) is 0 Å². The normalized spacial score (nSPS) is 10.4. The Labute approximate surface area is 123 Å². The molecule has 1 heterocycles. The minimum Gasteiger partial charge on any atom is -0.478 e. The van der Waals surface area contributed by atoms with Crippen molar-refractivity contribution in [1.82, 2.24) is 0 Å². The van der Waals surface area contributed by atoms with Gasteiger partial charge in [0.2, 0.25) is 0 Å². The zero-order chi connectivity index (χ0) is 13.8. The Bertz CT molecular complexity index is 598. The highest BCUT2D eigenvalue weighted by Gasteiger charge is 2.09. The molecule has 0 atom stereocenters. The number of hydrogen-bond donors (Lipinski definition) is 3. The van der Waals surface area contributed by atoms with Gasteiger partial charge in [0, 0.05) is 17.1 Å². The molecule has 6 heteroatoms. The van der Waals surface area contributed by atoms with E-state index >= 15 is 0 Å². The third-order valence-corrected chi connectivity index (χ3v) is 4.27. The lowest BCUT2D eigenvalue weighted by Gasteiger charge is -2.09. The number of nitrogens with two attached hydrogens (primary N) is 1. The van der Waals surface area contributed by atoms with Crippen LogP contribution in [0.15, 0.2) is 34.1 Å². The number of aromatic carboxylic acids is 1. The summed E-state index contributed by atoms with van der Waals surface area (Å²) in [4.78, 5) is 12.3. The molecule has 0 aliphatic heterocycles. The van der Waals surface area contributed by atoms with Crippen LogP contribution in [0.25, 0.3) is 0 Å². The fourth-order valence-corrected chi connectivity index (χ4v) is 3.18. The highest BCUT2D eigenvalue weighted by Crippen LogP contribution is 2.23. The molecule has 2 rings (SSSR count). The summed E-state index contributed by atoms with van der Waals surface area (Å²) in [5.74, 6) is -0.957. The van der Waals surface area contributed by atoms with E-state index in [1.807, 2.05) is 12.1 Å². The molecule has 0 spiro atoms. The molecule has 1 aromatic heterocycles. The second-order valence-electron chi connectivity index (χ2n) is 3.99. The summed E-state index contributed by atoms with van der Waals surface area (Å²) in [6.07, 6.45) is 0.837. The Morgan fingerprint density at radius 2 is 2.16 bits per heavy atom.